The Labute approximate surface area is 112 Å². The first-order valence-corrected chi connectivity index (χ1v) is 7.50. The monoisotopic (exact) mass is 257 g/mol. The largest absolute Gasteiger partial charge is 0.481 e. The number of carbonyl (C=O) groups is 1. The van der Waals surface area contributed by atoms with Gasteiger partial charge in [0.2, 0.25) is 0 Å². The summed E-state index contributed by atoms with van der Waals surface area (Å²) in [5.41, 5.74) is 5.42. The third kappa shape index (κ3) is 10.6. The molecule has 0 aromatic heterocycles. The van der Waals surface area contributed by atoms with Gasteiger partial charge in [-0.25, -0.2) is 0 Å². The molecule has 0 aliphatic carbocycles. The molecule has 0 aliphatic heterocycles. The second-order valence-corrected chi connectivity index (χ2v) is 5.71. The van der Waals surface area contributed by atoms with Crippen LogP contribution >= 0.6 is 0 Å². The van der Waals surface area contributed by atoms with E-state index in [9.17, 15) is 4.79 Å². The Bertz CT molecular complexity index is 205. The number of carboxylic acids is 1. The van der Waals surface area contributed by atoms with Crippen molar-refractivity contribution in [3.63, 3.8) is 0 Å². The summed E-state index contributed by atoms with van der Waals surface area (Å²) in [6.45, 7) is 5.16. The Kier molecular flexibility index (Phi) is 11.2. The lowest BCUT2D eigenvalue weighted by molar-refractivity contribution is -0.142. The van der Waals surface area contributed by atoms with Crippen LogP contribution in [0.1, 0.15) is 71.6 Å². The maximum atomic E-state index is 11.1. The van der Waals surface area contributed by atoms with E-state index < -0.39 is 5.97 Å². The van der Waals surface area contributed by atoms with Crippen LogP contribution in [-0.2, 0) is 4.79 Å². The average Bonchev–Trinajstić information content (AvgIpc) is 2.30. The number of unbranched alkanes of at least 4 members (excludes halogenated alkanes) is 4. The first-order chi connectivity index (χ1) is 8.57. The molecular weight excluding hydrogens is 226 g/mol. The van der Waals surface area contributed by atoms with Crippen molar-refractivity contribution in [1.29, 1.82) is 0 Å². The van der Waals surface area contributed by atoms with Gasteiger partial charge in [-0.3, -0.25) is 4.79 Å². The first-order valence-electron chi connectivity index (χ1n) is 7.50. The Hall–Kier alpha value is -0.570. The van der Waals surface area contributed by atoms with Gasteiger partial charge in [0.15, 0.2) is 0 Å². The van der Waals surface area contributed by atoms with E-state index in [1.54, 1.807) is 0 Å². The van der Waals surface area contributed by atoms with Gasteiger partial charge in [-0.1, -0.05) is 52.4 Å². The smallest absolute Gasteiger partial charge is 0.306 e. The third-order valence-electron chi connectivity index (χ3n) is 3.44. The zero-order chi connectivity index (χ0) is 13.8. The molecule has 0 aliphatic rings. The highest BCUT2D eigenvalue weighted by atomic mass is 16.4. The van der Waals surface area contributed by atoms with Crippen LogP contribution in [0.5, 0.6) is 0 Å². The molecule has 1 atom stereocenters. The molecule has 0 spiro atoms. The molecule has 108 valence electrons. The van der Waals surface area contributed by atoms with Crippen molar-refractivity contribution in [1.82, 2.24) is 0 Å². The van der Waals surface area contributed by atoms with E-state index >= 15 is 0 Å². The lowest BCUT2D eigenvalue weighted by Gasteiger charge is -2.11. The molecule has 0 aromatic carbocycles. The SMILES string of the molecule is CC(C)CCCCCCC(CCCCN)C(=O)O. The quantitative estimate of drug-likeness (QED) is 0.522. The third-order valence-corrected chi connectivity index (χ3v) is 3.44. The van der Waals surface area contributed by atoms with Crippen molar-refractivity contribution in [2.45, 2.75) is 71.6 Å². The van der Waals surface area contributed by atoms with E-state index in [0.29, 0.717) is 6.54 Å². The predicted octanol–water partition coefficient (Wildman–Crippen LogP) is 3.81. The molecule has 0 bridgehead atoms. The van der Waals surface area contributed by atoms with Gasteiger partial charge in [-0.05, 0) is 31.7 Å². The minimum atomic E-state index is -0.630. The molecule has 0 fully saturated rings. The number of nitrogens with two attached hydrogens (primary N) is 1. The van der Waals surface area contributed by atoms with Crippen LogP contribution in [0.2, 0.25) is 0 Å². The number of aliphatic carboxylic acids is 1. The van der Waals surface area contributed by atoms with Crippen molar-refractivity contribution in [3.8, 4) is 0 Å². The topological polar surface area (TPSA) is 63.3 Å². The van der Waals surface area contributed by atoms with Gasteiger partial charge in [0, 0.05) is 0 Å². The van der Waals surface area contributed by atoms with Crippen LogP contribution in [0.15, 0.2) is 0 Å². The Morgan fingerprint density at radius 1 is 0.944 bits per heavy atom. The highest BCUT2D eigenvalue weighted by molar-refractivity contribution is 5.69. The van der Waals surface area contributed by atoms with Crippen molar-refractivity contribution < 1.29 is 9.90 Å². The summed E-state index contributed by atoms with van der Waals surface area (Å²) in [6.07, 6.45) is 9.55. The van der Waals surface area contributed by atoms with Crippen LogP contribution < -0.4 is 5.73 Å². The zero-order valence-corrected chi connectivity index (χ0v) is 12.2. The summed E-state index contributed by atoms with van der Waals surface area (Å²) < 4.78 is 0. The van der Waals surface area contributed by atoms with Gasteiger partial charge in [-0.2, -0.15) is 0 Å². The van der Waals surface area contributed by atoms with Gasteiger partial charge in [-0.15, -0.1) is 0 Å². The predicted molar refractivity (Wildman–Crippen MR) is 76.6 cm³/mol. The number of carboxylic acid groups (broad SMARTS) is 1. The van der Waals surface area contributed by atoms with Crippen LogP contribution in [0.25, 0.3) is 0 Å². The minimum absolute atomic E-state index is 0.151. The second-order valence-electron chi connectivity index (χ2n) is 5.71. The van der Waals surface area contributed by atoms with Crippen molar-refractivity contribution in [3.05, 3.63) is 0 Å². The summed E-state index contributed by atoms with van der Waals surface area (Å²) in [4.78, 5) is 11.1. The first kappa shape index (κ1) is 17.4. The van der Waals surface area contributed by atoms with Crippen LogP contribution in [0.3, 0.4) is 0 Å². The van der Waals surface area contributed by atoms with E-state index in [0.717, 1.165) is 38.0 Å². The van der Waals surface area contributed by atoms with E-state index in [1.165, 1.54) is 25.7 Å². The fourth-order valence-corrected chi connectivity index (χ4v) is 2.22. The fraction of sp³-hybridized carbons (Fsp3) is 0.933. The van der Waals surface area contributed by atoms with Gasteiger partial charge in [0.1, 0.15) is 0 Å². The fourth-order valence-electron chi connectivity index (χ4n) is 2.22. The Morgan fingerprint density at radius 2 is 1.44 bits per heavy atom. The molecule has 1 unspecified atom stereocenters. The molecule has 0 saturated heterocycles. The average molecular weight is 257 g/mol. The van der Waals surface area contributed by atoms with Gasteiger partial charge >= 0.3 is 5.97 Å². The minimum Gasteiger partial charge on any atom is -0.481 e. The van der Waals surface area contributed by atoms with Crippen LogP contribution in [0.4, 0.5) is 0 Å². The van der Waals surface area contributed by atoms with Crippen LogP contribution in [0, 0.1) is 11.8 Å². The standard InChI is InChI=1S/C15H31NO2/c1-13(2)9-5-3-4-6-10-14(15(17)18)11-7-8-12-16/h13-14H,3-12,16H2,1-2H3,(H,17,18). The molecule has 0 radical (unpaired) electrons. The van der Waals surface area contributed by atoms with Gasteiger partial charge < -0.3 is 10.8 Å². The van der Waals surface area contributed by atoms with Crippen molar-refractivity contribution in [2.24, 2.45) is 17.6 Å². The number of hydrogen-bond acceptors (Lipinski definition) is 2. The molecular formula is C15H31NO2. The zero-order valence-electron chi connectivity index (χ0n) is 12.2. The highest BCUT2D eigenvalue weighted by Gasteiger charge is 2.15. The van der Waals surface area contributed by atoms with E-state index in [-0.39, 0.29) is 5.92 Å². The lowest BCUT2D eigenvalue weighted by Crippen LogP contribution is -2.14. The molecule has 18 heavy (non-hydrogen) atoms. The van der Waals surface area contributed by atoms with Gasteiger partial charge in [0.25, 0.3) is 0 Å². The molecule has 3 nitrogen and oxygen atoms in total. The molecule has 0 rings (SSSR count). The molecule has 0 saturated carbocycles. The highest BCUT2D eigenvalue weighted by Crippen LogP contribution is 2.18. The summed E-state index contributed by atoms with van der Waals surface area (Å²) in [6, 6.07) is 0. The van der Waals surface area contributed by atoms with Crippen molar-refractivity contribution >= 4 is 5.97 Å². The Morgan fingerprint density at radius 3 is 1.89 bits per heavy atom. The summed E-state index contributed by atoms with van der Waals surface area (Å²) in [5, 5.41) is 9.12. The van der Waals surface area contributed by atoms with E-state index in [1.807, 2.05) is 0 Å². The second kappa shape index (κ2) is 11.5. The maximum Gasteiger partial charge on any atom is 0.306 e. The van der Waals surface area contributed by atoms with E-state index in [2.05, 4.69) is 13.8 Å². The number of hydrogen-bond donors (Lipinski definition) is 2. The van der Waals surface area contributed by atoms with Crippen molar-refractivity contribution in [2.75, 3.05) is 6.54 Å². The molecule has 0 aromatic rings. The summed E-state index contributed by atoms with van der Waals surface area (Å²) in [5.74, 6) is 0.00359. The number of rotatable bonds is 12. The van der Waals surface area contributed by atoms with E-state index in [4.69, 9.17) is 10.8 Å². The Balaban J connectivity index is 3.55. The maximum absolute atomic E-state index is 11.1. The molecule has 3 heteroatoms. The van der Waals surface area contributed by atoms with Crippen LogP contribution in [-0.4, -0.2) is 17.6 Å². The summed E-state index contributed by atoms with van der Waals surface area (Å²) in [7, 11) is 0. The molecule has 0 amide bonds. The molecule has 3 N–H and O–H groups in total. The molecule has 0 heterocycles. The van der Waals surface area contributed by atoms with Gasteiger partial charge in [0.05, 0.1) is 5.92 Å². The lowest BCUT2D eigenvalue weighted by atomic mass is 9.94. The summed E-state index contributed by atoms with van der Waals surface area (Å²) >= 11 is 0. The normalized spacial score (nSPS) is 12.9.